The van der Waals surface area contributed by atoms with Gasteiger partial charge in [-0.3, -0.25) is 4.21 Å². The van der Waals surface area contributed by atoms with Crippen molar-refractivity contribution in [1.29, 1.82) is 5.26 Å². The molecule has 1 aliphatic rings. The molecule has 2 rings (SSSR count). The van der Waals surface area contributed by atoms with Crippen LogP contribution in [-0.4, -0.2) is 38.8 Å². The highest BCUT2D eigenvalue weighted by Gasteiger charge is 2.19. The zero-order chi connectivity index (χ0) is 10.7. The highest BCUT2D eigenvalue weighted by molar-refractivity contribution is 7.85. The molecular formula is C9H10N4OS. The largest absolute Gasteiger partial charge is 0.352 e. The first-order chi connectivity index (χ1) is 7.31. The van der Waals surface area contributed by atoms with Crippen LogP contribution in [0, 0.1) is 11.3 Å². The van der Waals surface area contributed by atoms with Crippen LogP contribution < -0.4 is 4.90 Å². The molecule has 0 atom stereocenters. The molecule has 1 aromatic rings. The Labute approximate surface area is 90.2 Å². The molecule has 1 aliphatic heterocycles. The van der Waals surface area contributed by atoms with E-state index in [-0.39, 0.29) is 0 Å². The van der Waals surface area contributed by atoms with Crippen molar-refractivity contribution < 1.29 is 4.21 Å². The number of anilines is 1. The summed E-state index contributed by atoms with van der Waals surface area (Å²) in [5.41, 5.74) is 0.338. The Morgan fingerprint density at radius 2 is 2.00 bits per heavy atom. The molecule has 0 N–H and O–H groups in total. The van der Waals surface area contributed by atoms with Crippen LogP contribution in [0.2, 0.25) is 0 Å². The summed E-state index contributed by atoms with van der Waals surface area (Å²) in [7, 11) is -0.716. The Hall–Kier alpha value is -1.48. The quantitative estimate of drug-likeness (QED) is 0.664. The summed E-state index contributed by atoms with van der Waals surface area (Å²) in [6.07, 6.45) is 3.08. The van der Waals surface area contributed by atoms with Crippen LogP contribution in [0.4, 0.5) is 5.82 Å². The summed E-state index contributed by atoms with van der Waals surface area (Å²) in [5.74, 6) is 1.89. The predicted octanol–water partition coefficient (Wildman–Crippen LogP) is -0.0830. The number of hydrogen-bond acceptors (Lipinski definition) is 5. The smallest absolute Gasteiger partial charge is 0.183 e. The summed E-state index contributed by atoms with van der Waals surface area (Å²) in [6, 6.07) is 2.01. The van der Waals surface area contributed by atoms with Gasteiger partial charge in [-0.1, -0.05) is 0 Å². The van der Waals surface area contributed by atoms with Gasteiger partial charge in [0.1, 0.15) is 6.07 Å². The van der Waals surface area contributed by atoms with Gasteiger partial charge in [-0.05, 0) is 0 Å². The Morgan fingerprint density at radius 3 is 2.67 bits per heavy atom. The highest BCUT2D eigenvalue weighted by Crippen LogP contribution is 2.15. The lowest BCUT2D eigenvalue weighted by Gasteiger charge is -2.27. The maximum Gasteiger partial charge on any atom is 0.183 e. The van der Waals surface area contributed by atoms with E-state index in [2.05, 4.69) is 9.97 Å². The maximum atomic E-state index is 11.2. The van der Waals surface area contributed by atoms with Gasteiger partial charge in [0.05, 0.1) is 0 Å². The van der Waals surface area contributed by atoms with E-state index in [1.54, 1.807) is 6.20 Å². The fraction of sp³-hybridized carbons (Fsp3) is 0.444. The monoisotopic (exact) mass is 222 g/mol. The van der Waals surface area contributed by atoms with E-state index in [1.165, 1.54) is 6.20 Å². The van der Waals surface area contributed by atoms with Crippen molar-refractivity contribution in [3.63, 3.8) is 0 Å². The van der Waals surface area contributed by atoms with Crippen LogP contribution in [0.3, 0.4) is 0 Å². The summed E-state index contributed by atoms with van der Waals surface area (Å²) < 4.78 is 11.2. The molecule has 1 fully saturated rings. The SMILES string of the molecule is N#Cc1nccnc1N1CCS(=O)CC1. The van der Waals surface area contributed by atoms with Crippen molar-refractivity contribution in [2.75, 3.05) is 29.5 Å². The molecule has 0 radical (unpaired) electrons. The minimum Gasteiger partial charge on any atom is -0.352 e. The van der Waals surface area contributed by atoms with Gasteiger partial charge in [-0.15, -0.1) is 0 Å². The average molecular weight is 222 g/mol. The first kappa shape index (κ1) is 10.1. The van der Waals surface area contributed by atoms with Crippen LogP contribution >= 0.6 is 0 Å². The van der Waals surface area contributed by atoms with Crippen LogP contribution in [0.1, 0.15) is 5.69 Å². The van der Waals surface area contributed by atoms with E-state index >= 15 is 0 Å². The fourth-order valence-electron chi connectivity index (χ4n) is 1.49. The zero-order valence-corrected chi connectivity index (χ0v) is 8.90. The van der Waals surface area contributed by atoms with Crippen molar-refractivity contribution in [2.24, 2.45) is 0 Å². The number of nitriles is 1. The van der Waals surface area contributed by atoms with Crippen LogP contribution in [0.15, 0.2) is 12.4 Å². The minimum absolute atomic E-state index is 0.338. The van der Waals surface area contributed by atoms with Crippen molar-refractivity contribution >= 4 is 16.6 Å². The molecule has 0 aromatic carbocycles. The van der Waals surface area contributed by atoms with Crippen molar-refractivity contribution in [3.8, 4) is 6.07 Å². The normalized spacial score (nSPS) is 17.4. The van der Waals surface area contributed by atoms with E-state index in [0.29, 0.717) is 36.1 Å². The van der Waals surface area contributed by atoms with Crippen LogP contribution in [0.25, 0.3) is 0 Å². The lowest BCUT2D eigenvalue weighted by Crippen LogP contribution is -2.38. The number of hydrogen-bond donors (Lipinski definition) is 0. The Bertz CT molecular complexity index is 418. The first-order valence-electron chi connectivity index (χ1n) is 4.62. The molecule has 1 saturated heterocycles. The number of nitrogens with zero attached hydrogens (tertiary/aromatic N) is 4. The average Bonchev–Trinajstić information content (AvgIpc) is 2.30. The molecule has 0 amide bonds. The van der Waals surface area contributed by atoms with Gasteiger partial charge >= 0.3 is 0 Å². The summed E-state index contributed by atoms with van der Waals surface area (Å²) in [5, 5.41) is 8.86. The molecule has 0 spiro atoms. The Balaban J connectivity index is 2.23. The molecule has 78 valence electrons. The topological polar surface area (TPSA) is 69.9 Å². The molecule has 0 bridgehead atoms. The van der Waals surface area contributed by atoms with E-state index < -0.39 is 10.8 Å². The molecule has 6 heteroatoms. The van der Waals surface area contributed by atoms with Crippen LogP contribution in [-0.2, 0) is 10.8 Å². The standard InChI is InChI=1S/C9H10N4OS/c10-7-8-9(12-2-1-11-8)13-3-5-15(14)6-4-13/h1-2H,3-6H2. The second-order valence-electron chi connectivity index (χ2n) is 3.18. The second kappa shape index (κ2) is 4.36. The van der Waals surface area contributed by atoms with Gasteiger partial charge < -0.3 is 4.90 Å². The van der Waals surface area contributed by atoms with Gasteiger partial charge in [0.25, 0.3) is 0 Å². The van der Waals surface area contributed by atoms with Crippen molar-refractivity contribution in [2.45, 2.75) is 0 Å². The second-order valence-corrected chi connectivity index (χ2v) is 4.87. The number of aromatic nitrogens is 2. The van der Waals surface area contributed by atoms with Gasteiger partial charge in [0.2, 0.25) is 0 Å². The van der Waals surface area contributed by atoms with E-state index in [4.69, 9.17) is 5.26 Å². The molecule has 1 aromatic heterocycles. The molecule has 5 nitrogen and oxygen atoms in total. The van der Waals surface area contributed by atoms with Crippen LogP contribution in [0.5, 0.6) is 0 Å². The highest BCUT2D eigenvalue weighted by atomic mass is 32.2. The van der Waals surface area contributed by atoms with Crippen molar-refractivity contribution in [1.82, 2.24) is 9.97 Å². The van der Waals surface area contributed by atoms with Gasteiger partial charge in [-0.25, -0.2) is 9.97 Å². The molecule has 2 heterocycles. The third-order valence-corrected chi connectivity index (χ3v) is 3.54. The van der Waals surface area contributed by atoms with E-state index in [0.717, 1.165) is 0 Å². The van der Waals surface area contributed by atoms with E-state index in [1.807, 2.05) is 11.0 Å². The molecule has 0 unspecified atom stereocenters. The Morgan fingerprint density at radius 1 is 1.33 bits per heavy atom. The Kier molecular flexibility index (Phi) is 2.92. The lowest BCUT2D eigenvalue weighted by molar-refractivity contribution is 0.672. The summed E-state index contributed by atoms with van der Waals surface area (Å²) in [6.45, 7) is 1.36. The lowest BCUT2D eigenvalue weighted by atomic mass is 10.4. The molecular weight excluding hydrogens is 212 g/mol. The summed E-state index contributed by atoms with van der Waals surface area (Å²) in [4.78, 5) is 10.1. The van der Waals surface area contributed by atoms with Crippen molar-refractivity contribution in [3.05, 3.63) is 18.1 Å². The van der Waals surface area contributed by atoms with Gasteiger partial charge in [0, 0.05) is 47.8 Å². The third kappa shape index (κ3) is 2.13. The first-order valence-corrected chi connectivity index (χ1v) is 6.11. The zero-order valence-electron chi connectivity index (χ0n) is 8.09. The molecule has 0 aliphatic carbocycles. The predicted molar refractivity (Wildman–Crippen MR) is 56.8 cm³/mol. The summed E-state index contributed by atoms with van der Waals surface area (Å²) >= 11 is 0. The fourth-order valence-corrected chi connectivity index (χ4v) is 2.54. The van der Waals surface area contributed by atoms with Gasteiger partial charge in [0.15, 0.2) is 11.5 Å². The molecule has 15 heavy (non-hydrogen) atoms. The number of rotatable bonds is 1. The minimum atomic E-state index is -0.716. The van der Waals surface area contributed by atoms with Gasteiger partial charge in [-0.2, -0.15) is 5.26 Å². The maximum absolute atomic E-state index is 11.2. The third-order valence-electron chi connectivity index (χ3n) is 2.26. The molecule has 0 saturated carbocycles. The van der Waals surface area contributed by atoms with E-state index in [9.17, 15) is 4.21 Å².